The molecule has 0 unspecified atom stereocenters. The second kappa shape index (κ2) is 8.56. The summed E-state index contributed by atoms with van der Waals surface area (Å²) in [7, 11) is 0. The van der Waals surface area contributed by atoms with E-state index in [0.717, 1.165) is 5.56 Å². The van der Waals surface area contributed by atoms with Crippen molar-refractivity contribution in [3.8, 4) is 5.75 Å². The van der Waals surface area contributed by atoms with Crippen molar-refractivity contribution < 1.29 is 27.4 Å². The lowest BCUT2D eigenvalue weighted by Gasteiger charge is -2.33. The molecule has 1 aromatic carbocycles. The van der Waals surface area contributed by atoms with Gasteiger partial charge in [-0.05, 0) is 17.5 Å². The van der Waals surface area contributed by atoms with Crippen molar-refractivity contribution in [2.24, 2.45) is 5.92 Å². The van der Waals surface area contributed by atoms with E-state index in [1.165, 1.54) is 12.1 Å². The third-order valence-electron chi connectivity index (χ3n) is 4.09. The molecule has 7 heteroatoms. The molecule has 25 heavy (non-hydrogen) atoms. The Morgan fingerprint density at radius 2 is 2.00 bits per heavy atom. The number of ether oxygens (including phenoxy) is 2. The summed E-state index contributed by atoms with van der Waals surface area (Å²) in [6.45, 7) is 5.06. The van der Waals surface area contributed by atoms with E-state index in [-0.39, 0.29) is 56.8 Å². The molecule has 0 aromatic heterocycles. The number of alkyl halides is 2. The number of amides is 1. The Kier molecular flexibility index (Phi) is 6.70. The van der Waals surface area contributed by atoms with Crippen molar-refractivity contribution in [1.29, 1.82) is 0 Å². The predicted molar refractivity (Wildman–Crippen MR) is 87.5 cm³/mol. The highest BCUT2D eigenvalue weighted by molar-refractivity contribution is 5.79. The molecule has 4 nitrogen and oxygen atoms in total. The fourth-order valence-electron chi connectivity index (χ4n) is 2.66. The van der Waals surface area contributed by atoms with Gasteiger partial charge in [-0.3, -0.25) is 4.79 Å². The number of nitrogens with one attached hydrogen (secondary N) is 1. The minimum atomic E-state index is -2.69. The largest absolute Gasteiger partial charge is 0.491 e. The van der Waals surface area contributed by atoms with Crippen LogP contribution in [0.2, 0.25) is 0 Å². The summed E-state index contributed by atoms with van der Waals surface area (Å²) in [6.07, 6.45) is -0.751. The Hall–Kier alpha value is -1.76. The Morgan fingerprint density at radius 3 is 2.64 bits per heavy atom. The minimum absolute atomic E-state index is 0.214. The summed E-state index contributed by atoms with van der Waals surface area (Å²) >= 11 is 0. The van der Waals surface area contributed by atoms with Crippen LogP contribution in [0.3, 0.4) is 0 Å². The zero-order chi connectivity index (χ0) is 18.4. The van der Waals surface area contributed by atoms with Crippen LogP contribution in [0.5, 0.6) is 5.75 Å². The fraction of sp³-hybridized carbons (Fsp3) is 0.611. The van der Waals surface area contributed by atoms with Gasteiger partial charge in [-0.2, -0.15) is 0 Å². The zero-order valence-electron chi connectivity index (χ0n) is 14.5. The average Bonchev–Trinajstić information content (AvgIpc) is 2.51. The molecule has 1 fully saturated rings. The molecule has 0 heterocycles. The first kappa shape index (κ1) is 19.6. The molecule has 0 bridgehead atoms. The summed E-state index contributed by atoms with van der Waals surface area (Å²) in [4.78, 5) is 11.6. The number of hydrogen-bond acceptors (Lipinski definition) is 3. The fourth-order valence-corrected chi connectivity index (χ4v) is 2.66. The lowest BCUT2D eigenvalue weighted by molar-refractivity contribution is -0.150. The highest BCUT2D eigenvalue weighted by Crippen LogP contribution is 2.42. The van der Waals surface area contributed by atoms with Crippen molar-refractivity contribution in [1.82, 2.24) is 5.32 Å². The number of carbonyl (C=O) groups is 1. The molecule has 1 aliphatic carbocycles. The molecular formula is C18H24F3NO3. The van der Waals surface area contributed by atoms with Gasteiger partial charge in [0.2, 0.25) is 11.8 Å². The van der Waals surface area contributed by atoms with Crippen molar-refractivity contribution >= 4 is 5.91 Å². The van der Waals surface area contributed by atoms with Gasteiger partial charge in [0.25, 0.3) is 0 Å². The van der Waals surface area contributed by atoms with Gasteiger partial charge in [0.1, 0.15) is 18.2 Å². The predicted octanol–water partition coefficient (Wildman–Crippen LogP) is 3.51. The molecule has 2 rings (SSSR count). The molecule has 140 valence electrons. The van der Waals surface area contributed by atoms with E-state index in [1.54, 1.807) is 6.07 Å². The molecular weight excluding hydrogens is 335 g/mol. The molecule has 0 spiro atoms. The van der Waals surface area contributed by atoms with E-state index in [0.29, 0.717) is 5.75 Å². The SMILES string of the molecule is CC(C)c1ccc(F)cc1OCCOCCNC(=O)C1CC(F)(F)C1. The number of carbonyl (C=O) groups excluding carboxylic acids is 1. The highest BCUT2D eigenvalue weighted by Gasteiger charge is 2.48. The maximum absolute atomic E-state index is 13.3. The number of rotatable bonds is 9. The molecule has 0 atom stereocenters. The second-order valence-corrected chi connectivity index (χ2v) is 6.55. The second-order valence-electron chi connectivity index (χ2n) is 6.55. The van der Waals surface area contributed by atoms with E-state index < -0.39 is 11.8 Å². The van der Waals surface area contributed by atoms with Crippen molar-refractivity contribution in [3.63, 3.8) is 0 Å². The Balaban J connectivity index is 1.58. The third-order valence-corrected chi connectivity index (χ3v) is 4.09. The molecule has 1 N–H and O–H groups in total. The van der Waals surface area contributed by atoms with E-state index in [2.05, 4.69) is 5.32 Å². The van der Waals surface area contributed by atoms with E-state index in [4.69, 9.17) is 9.47 Å². The lowest BCUT2D eigenvalue weighted by Crippen LogP contribution is -2.45. The van der Waals surface area contributed by atoms with Crippen LogP contribution in [-0.2, 0) is 9.53 Å². The molecule has 0 radical (unpaired) electrons. The van der Waals surface area contributed by atoms with Crippen molar-refractivity contribution in [2.75, 3.05) is 26.4 Å². The summed E-state index contributed by atoms with van der Waals surface area (Å²) in [5.41, 5.74) is 0.922. The van der Waals surface area contributed by atoms with Crippen molar-refractivity contribution in [2.45, 2.75) is 38.5 Å². The molecule has 1 aromatic rings. The van der Waals surface area contributed by atoms with Gasteiger partial charge in [-0.1, -0.05) is 19.9 Å². The first-order valence-electron chi connectivity index (χ1n) is 8.44. The Labute approximate surface area is 145 Å². The summed E-state index contributed by atoms with van der Waals surface area (Å²) in [5, 5.41) is 2.57. The molecule has 1 saturated carbocycles. The molecule has 0 saturated heterocycles. The van der Waals surface area contributed by atoms with Crippen LogP contribution in [0, 0.1) is 11.7 Å². The minimum Gasteiger partial charge on any atom is -0.491 e. The molecule has 1 aliphatic rings. The summed E-state index contributed by atoms with van der Waals surface area (Å²) in [5.74, 6) is -3.29. The standard InChI is InChI=1S/C18H24F3NO3/c1-12(2)15-4-3-14(19)9-16(15)25-8-7-24-6-5-22-17(23)13-10-18(20,21)11-13/h3-4,9,12-13H,5-8,10-11H2,1-2H3,(H,22,23). The van der Waals surface area contributed by atoms with Crippen LogP contribution in [0.4, 0.5) is 13.2 Å². The van der Waals surface area contributed by atoms with Crippen LogP contribution in [-0.4, -0.2) is 38.2 Å². The number of benzene rings is 1. The number of hydrogen-bond donors (Lipinski definition) is 1. The first-order valence-corrected chi connectivity index (χ1v) is 8.44. The van der Waals surface area contributed by atoms with Gasteiger partial charge in [0, 0.05) is 31.4 Å². The van der Waals surface area contributed by atoms with Crippen LogP contribution in [0.25, 0.3) is 0 Å². The van der Waals surface area contributed by atoms with E-state index in [9.17, 15) is 18.0 Å². The molecule has 1 amide bonds. The summed E-state index contributed by atoms with van der Waals surface area (Å²) < 4.78 is 49.6. The van der Waals surface area contributed by atoms with Gasteiger partial charge < -0.3 is 14.8 Å². The van der Waals surface area contributed by atoms with Crippen molar-refractivity contribution in [3.05, 3.63) is 29.6 Å². The zero-order valence-corrected chi connectivity index (χ0v) is 14.5. The topological polar surface area (TPSA) is 47.6 Å². The van der Waals surface area contributed by atoms with Crippen LogP contribution < -0.4 is 10.1 Å². The lowest BCUT2D eigenvalue weighted by atomic mass is 9.81. The van der Waals surface area contributed by atoms with Gasteiger partial charge in [-0.15, -0.1) is 0 Å². The Bertz CT molecular complexity index is 585. The van der Waals surface area contributed by atoms with Gasteiger partial charge in [-0.25, -0.2) is 13.2 Å². The molecule has 0 aliphatic heterocycles. The van der Waals surface area contributed by atoms with Gasteiger partial charge >= 0.3 is 0 Å². The normalized spacial score (nSPS) is 16.6. The van der Waals surface area contributed by atoms with Crippen LogP contribution in [0.1, 0.15) is 38.2 Å². The maximum Gasteiger partial charge on any atom is 0.249 e. The quantitative estimate of drug-likeness (QED) is 0.687. The van der Waals surface area contributed by atoms with E-state index >= 15 is 0 Å². The van der Waals surface area contributed by atoms with Gasteiger partial charge in [0.05, 0.1) is 13.2 Å². The van der Waals surface area contributed by atoms with Crippen LogP contribution in [0.15, 0.2) is 18.2 Å². The monoisotopic (exact) mass is 359 g/mol. The van der Waals surface area contributed by atoms with Gasteiger partial charge in [0.15, 0.2) is 0 Å². The van der Waals surface area contributed by atoms with Crippen LogP contribution >= 0.6 is 0 Å². The average molecular weight is 359 g/mol. The highest BCUT2D eigenvalue weighted by atomic mass is 19.3. The summed E-state index contributed by atoms with van der Waals surface area (Å²) in [6, 6.07) is 4.46. The third kappa shape index (κ3) is 5.92. The number of halogens is 3. The maximum atomic E-state index is 13.3. The van der Waals surface area contributed by atoms with E-state index in [1.807, 2.05) is 13.8 Å². The Morgan fingerprint density at radius 1 is 1.28 bits per heavy atom. The smallest absolute Gasteiger partial charge is 0.249 e. The first-order chi connectivity index (χ1) is 11.8.